The number of fused-ring (bicyclic) bond motifs is 1. The maximum absolute atomic E-state index is 10.9. The SMILES string of the molecule is Nc1nc2cc(S(=O)(=O)Cl)cnc2o1. The van der Waals surface area contributed by atoms with Crippen LogP contribution in [0.15, 0.2) is 21.6 Å². The number of hydrogen-bond donors (Lipinski definition) is 1. The van der Waals surface area contributed by atoms with E-state index >= 15 is 0 Å². The lowest BCUT2D eigenvalue weighted by Crippen LogP contribution is -1.91. The lowest BCUT2D eigenvalue weighted by Gasteiger charge is -1.92. The van der Waals surface area contributed by atoms with E-state index in [-0.39, 0.29) is 22.1 Å². The van der Waals surface area contributed by atoms with E-state index in [1.54, 1.807) is 0 Å². The summed E-state index contributed by atoms with van der Waals surface area (Å²) in [5.41, 5.74) is 5.68. The van der Waals surface area contributed by atoms with Crippen LogP contribution in [0.4, 0.5) is 6.01 Å². The first-order valence-electron chi connectivity index (χ1n) is 3.43. The maximum Gasteiger partial charge on any atom is 0.294 e. The number of hydrogen-bond acceptors (Lipinski definition) is 6. The number of nitrogens with two attached hydrogens (primary N) is 1. The van der Waals surface area contributed by atoms with Crippen molar-refractivity contribution in [2.45, 2.75) is 4.90 Å². The number of halogens is 1. The van der Waals surface area contributed by atoms with Gasteiger partial charge in [0.2, 0.25) is 5.71 Å². The van der Waals surface area contributed by atoms with Crippen molar-refractivity contribution in [1.82, 2.24) is 9.97 Å². The Kier molecular flexibility index (Phi) is 1.86. The minimum atomic E-state index is -3.80. The van der Waals surface area contributed by atoms with Crippen molar-refractivity contribution in [2.75, 3.05) is 5.73 Å². The normalized spacial score (nSPS) is 12.1. The van der Waals surface area contributed by atoms with Gasteiger partial charge in [-0.2, -0.15) is 4.98 Å². The fourth-order valence-corrected chi connectivity index (χ4v) is 1.64. The molecule has 74 valence electrons. The molecule has 2 heterocycles. The van der Waals surface area contributed by atoms with Gasteiger partial charge in [-0.3, -0.25) is 0 Å². The third-order valence-corrected chi connectivity index (χ3v) is 2.84. The molecule has 2 aromatic heterocycles. The molecular weight excluding hydrogens is 230 g/mol. The predicted octanol–water partition coefficient (Wildman–Crippen LogP) is 0.732. The molecule has 0 fully saturated rings. The van der Waals surface area contributed by atoms with Crippen molar-refractivity contribution < 1.29 is 12.8 Å². The van der Waals surface area contributed by atoms with Crippen LogP contribution in [-0.4, -0.2) is 18.4 Å². The molecule has 2 aromatic rings. The summed E-state index contributed by atoms with van der Waals surface area (Å²) < 4.78 is 26.7. The summed E-state index contributed by atoms with van der Waals surface area (Å²) in [6.07, 6.45) is 1.08. The molecule has 0 aliphatic rings. The summed E-state index contributed by atoms with van der Waals surface area (Å²) in [6.45, 7) is 0. The summed E-state index contributed by atoms with van der Waals surface area (Å²) in [4.78, 5) is 7.27. The molecule has 0 radical (unpaired) electrons. The second kappa shape index (κ2) is 2.82. The molecule has 0 atom stereocenters. The molecule has 6 nitrogen and oxygen atoms in total. The van der Waals surface area contributed by atoms with Crippen LogP contribution in [0, 0.1) is 0 Å². The van der Waals surface area contributed by atoms with Crippen LogP contribution >= 0.6 is 10.7 Å². The summed E-state index contributed by atoms with van der Waals surface area (Å²) in [5, 5.41) is 0. The number of aromatic nitrogens is 2. The van der Waals surface area contributed by atoms with Gasteiger partial charge in [-0.1, -0.05) is 0 Å². The Morgan fingerprint density at radius 2 is 2.21 bits per heavy atom. The third kappa shape index (κ3) is 1.51. The number of pyridine rings is 1. The first kappa shape index (κ1) is 9.22. The summed E-state index contributed by atoms with van der Waals surface area (Å²) >= 11 is 0. The van der Waals surface area contributed by atoms with Crippen molar-refractivity contribution in [3.8, 4) is 0 Å². The highest BCUT2D eigenvalue weighted by Crippen LogP contribution is 2.20. The van der Waals surface area contributed by atoms with Crippen LogP contribution in [-0.2, 0) is 9.05 Å². The van der Waals surface area contributed by atoms with Gasteiger partial charge in [-0.15, -0.1) is 0 Å². The highest BCUT2D eigenvalue weighted by atomic mass is 35.7. The van der Waals surface area contributed by atoms with Gasteiger partial charge in [0.25, 0.3) is 15.1 Å². The number of nitrogens with zero attached hydrogens (tertiary/aromatic N) is 2. The molecule has 14 heavy (non-hydrogen) atoms. The van der Waals surface area contributed by atoms with Crippen LogP contribution in [0.3, 0.4) is 0 Å². The average molecular weight is 234 g/mol. The summed E-state index contributed by atoms with van der Waals surface area (Å²) in [5.74, 6) is 0. The quantitative estimate of drug-likeness (QED) is 0.729. The van der Waals surface area contributed by atoms with E-state index < -0.39 is 9.05 Å². The molecule has 0 unspecified atom stereocenters. The zero-order valence-electron chi connectivity index (χ0n) is 6.64. The van der Waals surface area contributed by atoms with E-state index in [1.807, 2.05) is 0 Å². The standard InChI is InChI=1S/C6H4ClN3O3S/c7-14(11,12)3-1-4-5(9-2-3)13-6(8)10-4/h1-2H,(H2,8,10). The number of oxazole rings is 1. The van der Waals surface area contributed by atoms with Gasteiger partial charge in [0.15, 0.2) is 0 Å². The van der Waals surface area contributed by atoms with E-state index in [2.05, 4.69) is 9.97 Å². The monoisotopic (exact) mass is 233 g/mol. The second-order valence-electron chi connectivity index (χ2n) is 2.49. The first-order chi connectivity index (χ1) is 6.47. The molecule has 0 aliphatic heterocycles. The molecule has 0 spiro atoms. The van der Waals surface area contributed by atoms with Crippen LogP contribution in [0.2, 0.25) is 0 Å². The maximum atomic E-state index is 10.9. The van der Waals surface area contributed by atoms with E-state index in [0.29, 0.717) is 0 Å². The Hall–Kier alpha value is -1.34. The molecule has 2 rings (SSSR count). The fraction of sp³-hybridized carbons (Fsp3) is 0. The van der Waals surface area contributed by atoms with Crippen molar-refractivity contribution in [1.29, 1.82) is 0 Å². The molecule has 0 amide bonds. The van der Waals surface area contributed by atoms with Crippen molar-refractivity contribution in [2.24, 2.45) is 0 Å². The Morgan fingerprint density at radius 3 is 2.86 bits per heavy atom. The van der Waals surface area contributed by atoms with Crippen LogP contribution < -0.4 is 5.73 Å². The largest absolute Gasteiger partial charge is 0.405 e. The molecule has 8 heteroatoms. The van der Waals surface area contributed by atoms with Gasteiger partial charge in [0.05, 0.1) is 6.20 Å². The molecule has 0 saturated heterocycles. The Morgan fingerprint density at radius 1 is 1.50 bits per heavy atom. The lowest BCUT2D eigenvalue weighted by atomic mass is 10.4. The van der Waals surface area contributed by atoms with Gasteiger partial charge < -0.3 is 10.2 Å². The Balaban J connectivity index is 2.74. The lowest BCUT2D eigenvalue weighted by molar-refractivity contribution is 0.607. The van der Waals surface area contributed by atoms with Gasteiger partial charge in [-0.25, -0.2) is 13.4 Å². The first-order valence-corrected chi connectivity index (χ1v) is 5.74. The third-order valence-electron chi connectivity index (χ3n) is 1.52. The number of nitrogen functional groups attached to an aromatic ring is 1. The van der Waals surface area contributed by atoms with E-state index in [4.69, 9.17) is 20.8 Å². The van der Waals surface area contributed by atoms with Crippen molar-refractivity contribution in [3.05, 3.63) is 12.3 Å². The van der Waals surface area contributed by atoms with Crippen molar-refractivity contribution >= 4 is 37.0 Å². The average Bonchev–Trinajstić information content (AvgIpc) is 2.41. The minimum Gasteiger partial charge on any atom is -0.405 e. The van der Waals surface area contributed by atoms with E-state index in [0.717, 1.165) is 6.20 Å². The number of rotatable bonds is 1. The Labute approximate surface area is 83.1 Å². The van der Waals surface area contributed by atoms with Crippen LogP contribution in [0.1, 0.15) is 0 Å². The second-order valence-corrected chi connectivity index (χ2v) is 5.05. The molecule has 0 saturated carbocycles. The van der Waals surface area contributed by atoms with Gasteiger partial charge in [0.1, 0.15) is 10.4 Å². The van der Waals surface area contributed by atoms with E-state index in [1.165, 1.54) is 6.07 Å². The van der Waals surface area contributed by atoms with Crippen molar-refractivity contribution in [3.63, 3.8) is 0 Å². The molecule has 0 bridgehead atoms. The zero-order valence-corrected chi connectivity index (χ0v) is 8.21. The molecule has 0 aromatic carbocycles. The van der Waals surface area contributed by atoms with Gasteiger partial charge >= 0.3 is 0 Å². The summed E-state index contributed by atoms with van der Waals surface area (Å²) in [7, 11) is 1.31. The highest BCUT2D eigenvalue weighted by Gasteiger charge is 2.13. The molecule has 0 aliphatic carbocycles. The molecule has 2 N–H and O–H groups in total. The predicted molar refractivity (Wildman–Crippen MR) is 49.3 cm³/mol. The number of anilines is 1. The minimum absolute atomic E-state index is 0.0726. The smallest absolute Gasteiger partial charge is 0.294 e. The fourth-order valence-electron chi connectivity index (χ4n) is 0.955. The van der Waals surface area contributed by atoms with Gasteiger partial charge in [-0.05, 0) is 6.07 Å². The topological polar surface area (TPSA) is 99.1 Å². The Bertz CT molecular complexity index is 591. The van der Waals surface area contributed by atoms with Crippen LogP contribution in [0.5, 0.6) is 0 Å². The summed E-state index contributed by atoms with van der Waals surface area (Å²) in [6, 6.07) is 1.17. The van der Waals surface area contributed by atoms with E-state index in [9.17, 15) is 8.42 Å². The zero-order chi connectivity index (χ0) is 10.3. The highest BCUT2D eigenvalue weighted by molar-refractivity contribution is 8.13. The molecular formula is C6H4ClN3O3S. The van der Waals surface area contributed by atoms with Gasteiger partial charge in [0, 0.05) is 10.7 Å². The van der Waals surface area contributed by atoms with Crippen LogP contribution in [0.25, 0.3) is 11.2 Å².